The van der Waals surface area contributed by atoms with Crippen molar-refractivity contribution in [1.29, 1.82) is 0 Å². The van der Waals surface area contributed by atoms with Gasteiger partial charge in [0.25, 0.3) is 0 Å². The number of benzene rings is 1. The predicted octanol–water partition coefficient (Wildman–Crippen LogP) is 2.07. The molecule has 0 radical (unpaired) electrons. The van der Waals surface area contributed by atoms with Crippen molar-refractivity contribution in [2.75, 3.05) is 33.4 Å². The van der Waals surface area contributed by atoms with E-state index in [2.05, 4.69) is 12.2 Å². The number of hydrogen-bond donors (Lipinski definition) is 2. The van der Waals surface area contributed by atoms with Crippen molar-refractivity contribution in [3.8, 4) is 11.5 Å². The zero-order valence-electron chi connectivity index (χ0n) is 11.9. The van der Waals surface area contributed by atoms with Crippen LogP contribution in [0.4, 0.5) is 0 Å². The number of rotatable bonds is 10. The topological polar surface area (TPSA) is 50.7 Å². The Morgan fingerprint density at radius 1 is 1.26 bits per heavy atom. The minimum atomic E-state index is 0.262. The number of methoxy groups -OCH3 is 1. The highest BCUT2D eigenvalue weighted by Gasteiger charge is 2.05. The Balaban J connectivity index is 2.20. The maximum Gasteiger partial charge on any atom is 0.161 e. The molecule has 0 aliphatic heterocycles. The maximum atomic E-state index is 8.91. The van der Waals surface area contributed by atoms with Gasteiger partial charge < -0.3 is 19.9 Å². The van der Waals surface area contributed by atoms with Crippen LogP contribution < -0.4 is 14.8 Å². The third kappa shape index (κ3) is 5.94. The molecule has 0 bridgehead atoms. The smallest absolute Gasteiger partial charge is 0.161 e. The van der Waals surface area contributed by atoms with Crippen LogP contribution in [0.3, 0.4) is 0 Å². The first-order chi connectivity index (χ1) is 9.31. The summed E-state index contributed by atoms with van der Waals surface area (Å²) in [5.41, 5.74) is 0. The molecule has 0 spiro atoms. The molecular formula is C15H25NO3. The number of ether oxygens (including phenoxy) is 2. The fraction of sp³-hybridized carbons (Fsp3) is 0.600. The fourth-order valence-electron chi connectivity index (χ4n) is 1.91. The van der Waals surface area contributed by atoms with Gasteiger partial charge in [0.15, 0.2) is 11.5 Å². The Kier molecular flexibility index (Phi) is 8.02. The lowest BCUT2D eigenvalue weighted by Crippen LogP contribution is -2.27. The molecule has 0 saturated carbocycles. The van der Waals surface area contributed by atoms with E-state index in [1.165, 1.54) is 0 Å². The van der Waals surface area contributed by atoms with Gasteiger partial charge in [0, 0.05) is 13.2 Å². The molecule has 0 amide bonds. The van der Waals surface area contributed by atoms with E-state index in [0.29, 0.717) is 12.5 Å². The van der Waals surface area contributed by atoms with Gasteiger partial charge in [-0.25, -0.2) is 0 Å². The van der Waals surface area contributed by atoms with E-state index < -0.39 is 0 Å². The summed E-state index contributed by atoms with van der Waals surface area (Å²) in [5.74, 6) is 2.07. The number of aliphatic hydroxyl groups is 1. The maximum absolute atomic E-state index is 8.91. The normalized spacial score (nSPS) is 12.2. The van der Waals surface area contributed by atoms with Crippen molar-refractivity contribution in [3.05, 3.63) is 24.3 Å². The molecule has 0 aliphatic rings. The zero-order chi connectivity index (χ0) is 13.9. The summed E-state index contributed by atoms with van der Waals surface area (Å²) < 4.78 is 10.9. The lowest BCUT2D eigenvalue weighted by Gasteiger charge is -2.15. The molecule has 0 fully saturated rings. The second-order valence-electron chi connectivity index (χ2n) is 4.49. The Morgan fingerprint density at radius 3 is 2.63 bits per heavy atom. The molecule has 1 unspecified atom stereocenters. The summed E-state index contributed by atoms with van der Waals surface area (Å²) in [5, 5.41) is 12.3. The predicted molar refractivity (Wildman–Crippen MR) is 76.8 cm³/mol. The van der Waals surface area contributed by atoms with Gasteiger partial charge in [0.1, 0.15) is 6.61 Å². The van der Waals surface area contributed by atoms with Crippen LogP contribution >= 0.6 is 0 Å². The van der Waals surface area contributed by atoms with E-state index in [4.69, 9.17) is 14.6 Å². The molecule has 4 nitrogen and oxygen atoms in total. The van der Waals surface area contributed by atoms with Crippen LogP contribution in [0.2, 0.25) is 0 Å². The van der Waals surface area contributed by atoms with Crippen LogP contribution in [0.5, 0.6) is 11.5 Å². The first-order valence-corrected chi connectivity index (χ1v) is 6.89. The second kappa shape index (κ2) is 9.64. The highest BCUT2D eigenvalue weighted by Crippen LogP contribution is 2.25. The average Bonchev–Trinajstić information content (AvgIpc) is 2.46. The summed E-state index contributed by atoms with van der Waals surface area (Å²) in [6.45, 7) is 4.73. The summed E-state index contributed by atoms with van der Waals surface area (Å²) >= 11 is 0. The molecule has 0 aliphatic carbocycles. The van der Waals surface area contributed by atoms with E-state index in [-0.39, 0.29) is 6.61 Å². The van der Waals surface area contributed by atoms with Gasteiger partial charge in [0.2, 0.25) is 0 Å². The van der Waals surface area contributed by atoms with Gasteiger partial charge in [0.05, 0.1) is 7.11 Å². The summed E-state index contributed by atoms with van der Waals surface area (Å²) in [6.07, 6.45) is 1.94. The summed E-state index contributed by atoms with van der Waals surface area (Å²) in [7, 11) is 1.64. The minimum Gasteiger partial charge on any atom is -0.493 e. The monoisotopic (exact) mass is 267 g/mol. The molecule has 1 atom stereocenters. The summed E-state index contributed by atoms with van der Waals surface area (Å²) in [6, 6.07) is 7.64. The van der Waals surface area contributed by atoms with Crippen molar-refractivity contribution in [2.45, 2.75) is 19.8 Å². The SMILES string of the molecule is CCC(CCO)CNCCOc1ccccc1OC. The Bertz CT molecular complexity index is 344. The molecular weight excluding hydrogens is 242 g/mol. The van der Waals surface area contributed by atoms with Crippen LogP contribution in [-0.4, -0.2) is 38.5 Å². The van der Waals surface area contributed by atoms with Gasteiger partial charge in [-0.15, -0.1) is 0 Å². The van der Waals surface area contributed by atoms with E-state index in [1.54, 1.807) is 7.11 Å². The molecule has 108 valence electrons. The highest BCUT2D eigenvalue weighted by atomic mass is 16.5. The Morgan fingerprint density at radius 2 is 2.00 bits per heavy atom. The van der Waals surface area contributed by atoms with Crippen LogP contribution in [0, 0.1) is 5.92 Å². The van der Waals surface area contributed by atoms with Crippen LogP contribution in [-0.2, 0) is 0 Å². The van der Waals surface area contributed by atoms with Crippen molar-refractivity contribution in [1.82, 2.24) is 5.32 Å². The van der Waals surface area contributed by atoms with Crippen molar-refractivity contribution in [3.63, 3.8) is 0 Å². The number of hydrogen-bond acceptors (Lipinski definition) is 4. The average molecular weight is 267 g/mol. The second-order valence-corrected chi connectivity index (χ2v) is 4.49. The number of para-hydroxylation sites is 2. The van der Waals surface area contributed by atoms with Crippen LogP contribution in [0.1, 0.15) is 19.8 Å². The first kappa shape index (κ1) is 15.8. The lowest BCUT2D eigenvalue weighted by molar-refractivity contribution is 0.246. The van der Waals surface area contributed by atoms with E-state index in [1.807, 2.05) is 24.3 Å². The first-order valence-electron chi connectivity index (χ1n) is 6.89. The fourth-order valence-corrected chi connectivity index (χ4v) is 1.91. The van der Waals surface area contributed by atoms with E-state index >= 15 is 0 Å². The Labute approximate surface area is 115 Å². The third-order valence-electron chi connectivity index (χ3n) is 3.15. The minimum absolute atomic E-state index is 0.262. The molecule has 1 aromatic rings. The molecule has 19 heavy (non-hydrogen) atoms. The van der Waals surface area contributed by atoms with Gasteiger partial charge in [-0.3, -0.25) is 0 Å². The van der Waals surface area contributed by atoms with E-state index in [9.17, 15) is 0 Å². The van der Waals surface area contributed by atoms with Gasteiger partial charge in [-0.1, -0.05) is 25.5 Å². The molecule has 1 aromatic carbocycles. The van der Waals surface area contributed by atoms with Crippen molar-refractivity contribution < 1.29 is 14.6 Å². The number of aliphatic hydroxyl groups excluding tert-OH is 1. The largest absolute Gasteiger partial charge is 0.493 e. The number of nitrogens with one attached hydrogen (secondary N) is 1. The van der Waals surface area contributed by atoms with Crippen LogP contribution in [0.15, 0.2) is 24.3 Å². The van der Waals surface area contributed by atoms with Crippen LogP contribution in [0.25, 0.3) is 0 Å². The molecule has 1 rings (SSSR count). The van der Waals surface area contributed by atoms with E-state index in [0.717, 1.165) is 37.4 Å². The summed E-state index contributed by atoms with van der Waals surface area (Å²) in [4.78, 5) is 0. The third-order valence-corrected chi connectivity index (χ3v) is 3.15. The van der Waals surface area contributed by atoms with Gasteiger partial charge >= 0.3 is 0 Å². The lowest BCUT2D eigenvalue weighted by atomic mass is 10.0. The van der Waals surface area contributed by atoms with Crippen molar-refractivity contribution in [2.24, 2.45) is 5.92 Å². The molecule has 0 heterocycles. The highest BCUT2D eigenvalue weighted by molar-refractivity contribution is 5.39. The molecule has 4 heteroatoms. The molecule has 0 saturated heterocycles. The van der Waals surface area contributed by atoms with Gasteiger partial charge in [-0.2, -0.15) is 0 Å². The standard InChI is InChI=1S/C15H25NO3/c1-3-13(8-10-17)12-16-9-11-19-15-7-5-4-6-14(15)18-2/h4-7,13,16-17H,3,8-12H2,1-2H3. The van der Waals surface area contributed by atoms with Gasteiger partial charge in [-0.05, 0) is 31.0 Å². The zero-order valence-corrected chi connectivity index (χ0v) is 11.9. The molecule has 0 aromatic heterocycles. The molecule has 2 N–H and O–H groups in total. The quantitative estimate of drug-likeness (QED) is 0.637. The Hall–Kier alpha value is -1.26. The van der Waals surface area contributed by atoms with Crippen molar-refractivity contribution >= 4 is 0 Å².